The van der Waals surface area contributed by atoms with Crippen LogP contribution in [0.5, 0.6) is 11.5 Å². The summed E-state index contributed by atoms with van der Waals surface area (Å²) in [5.74, 6) is 0.908. The predicted octanol–water partition coefficient (Wildman–Crippen LogP) is 3.71. The van der Waals surface area contributed by atoms with Gasteiger partial charge in [0, 0.05) is 10.6 Å². The zero-order valence-electron chi connectivity index (χ0n) is 11.6. The van der Waals surface area contributed by atoms with Gasteiger partial charge in [-0.2, -0.15) is 0 Å². The highest BCUT2D eigenvalue weighted by Crippen LogP contribution is 2.35. The van der Waals surface area contributed by atoms with Crippen LogP contribution in [0.4, 0.5) is 5.69 Å². The fraction of sp³-hybridized carbons (Fsp3) is 0.188. The van der Waals surface area contributed by atoms with Gasteiger partial charge in [0.2, 0.25) is 0 Å². The van der Waals surface area contributed by atoms with E-state index in [1.54, 1.807) is 24.3 Å². The second-order valence-electron chi connectivity index (χ2n) is 4.40. The first-order valence-corrected chi connectivity index (χ1v) is 6.90. The highest BCUT2D eigenvalue weighted by molar-refractivity contribution is 6.30. The minimum absolute atomic E-state index is 0.335. The second kappa shape index (κ2) is 6.99. The smallest absolute Gasteiger partial charge is 0.184 e. The first kappa shape index (κ1) is 15.2. The van der Waals surface area contributed by atoms with Crippen LogP contribution in [0, 0.1) is 0 Å². The first-order valence-electron chi connectivity index (χ1n) is 6.52. The Morgan fingerprint density at radius 1 is 1.19 bits per heavy atom. The lowest BCUT2D eigenvalue weighted by Gasteiger charge is -2.14. The summed E-state index contributed by atoms with van der Waals surface area (Å²) >= 11 is 5.84. The number of nitrogens with two attached hydrogens (primary N) is 1. The molecule has 110 valence electrons. The summed E-state index contributed by atoms with van der Waals surface area (Å²) in [7, 11) is 0. The zero-order valence-corrected chi connectivity index (χ0v) is 12.4. The molecule has 0 aromatic heterocycles. The number of hydrogen-bond acceptors (Lipinski definition) is 4. The van der Waals surface area contributed by atoms with Gasteiger partial charge in [0.25, 0.3) is 0 Å². The second-order valence-corrected chi connectivity index (χ2v) is 4.84. The zero-order chi connectivity index (χ0) is 15.2. The van der Waals surface area contributed by atoms with E-state index in [9.17, 15) is 4.79 Å². The van der Waals surface area contributed by atoms with Crippen molar-refractivity contribution >= 4 is 23.6 Å². The van der Waals surface area contributed by atoms with E-state index in [1.165, 1.54) is 0 Å². The lowest BCUT2D eigenvalue weighted by Crippen LogP contribution is -2.03. The van der Waals surface area contributed by atoms with Crippen molar-refractivity contribution in [3.63, 3.8) is 0 Å². The normalized spacial score (nSPS) is 10.2. The van der Waals surface area contributed by atoms with Crippen LogP contribution in [-0.4, -0.2) is 12.9 Å². The minimum Gasteiger partial charge on any atom is -0.490 e. The van der Waals surface area contributed by atoms with E-state index in [0.717, 1.165) is 11.8 Å². The number of nitrogen functional groups attached to an aromatic ring is 1. The highest BCUT2D eigenvalue weighted by atomic mass is 35.5. The molecule has 0 saturated carbocycles. The van der Waals surface area contributed by atoms with Gasteiger partial charge in [0.05, 0.1) is 12.3 Å². The van der Waals surface area contributed by atoms with Gasteiger partial charge in [-0.15, -0.1) is 0 Å². The average Bonchev–Trinajstić information content (AvgIpc) is 2.48. The van der Waals surface area contributed by atoms with Crippen LogP contribution >= 0.6 is 11.6 Å². The Morgan fingerprint density at radius 2 is 1.90 bits per heavy atom. The standard InChI is InChI=1S/C16H16ClNO3/c1-2-20-15-8-12(9-19)7-14(18)16(15)21-10-11-3-5-13(17)6-4-11/h3-9H,2,10,18H2,1H3. The maximum atomic E-state index is 10.9. The molecule has 0 spiro atoms. The van der Waals surface area contributed by atoms with Crippen molar-refractivity contribution in [2.75, 3.05) is 12.3 Å². The molecule has 4 nitrogen and oxygen atoms in total. The quantitative estimate of drug-likeness (QED) is 0.653. The minimum atomic E-state index is 0.335. The van der Waals surface area contributed by atoms with Gasteiger partial charge in [-0.3, -0.25) is 4.79 Å². The number of aldehydes is 1. The van der Waals surface area contributed by atoms with Crippen molar-refractivity contribution in [1.82, 2.24) is 0 Å². The Balaban J connectivity index is 2.21. The van der Waals surface area contributed by atoms with Crippen LogP contribution in [0.3, 0.4) is 0 Å². The maximum absolute atomic E-state index is 10.9. The number of benzene rings is 2. The Morgan fingerprint density at radius 3 is 2.52 bits per heavy atom. The number of halogens is 1. The van der Waals surface area contributed by atoms with Gasteiger partial charge >= 0.3 is 0 Å². The summed E-state index contributed by atoms with van der Waals surface area (Å²) in [6.45, 7) is 2.65. The van der Waals surface area contributed by atoms with E-state index in [-0.39, 0.29) is 0 Å². The Hall–Kier alpha value is -2.20. The molecule has 0 unspecified atom stereocenters. The van der Waals surface area contributed by atoms with E-state index < -0.39 is 0 Å². The molecule has 5 heteroatoms. The first-order chi connectivity index (χ1) is 10.1. The Kier molecular flexibility index (Phi) is 5.06. The van der Waals surface area contributed by atoms with Crippen molar-refractivity contribution in [2.45, 2.75) is 13.5 Å². The Bertz CT molecular complexity index is 626. The number of hydrogen-bond donors (Lipinski definition) is 1. The topological polar surface area (TPSA) is 61.5 Å². The average molecular weight is 306 g/mol. The molecule has 0 aliphatic rings. The molecule has 2 aromatic carbocycles. The van der Waals surface area contributed by atoms with Crippen LogP contribution in [0.15, 0.2) is 36.4 Å². The van der Waals surface area contributed by atoms with Crippen molar-refractivity contribution in [3.05, 3.63) is 52.5 Å². The van der Waals surface area contributed by atoms with Gasteiger partial charge in [0.15, 0.2) is 11.5 Å². The third kappa shape index (κ3) is 3.89. The third-order valence-corrected chi connectivity index (χ3v) is 3.09. The highest BCUT2D eigenvalue weighted by Gasteiger charge is 2.12. The summed E-state index contributed by atoms with van der Waals surface area (Å²) in [6.07, 6.45) is 0.724. The van der Waals surface area contributed by atoms with E-state index in [4.69, 9.17) is 26.8 Å². The van der Waals surface area contributed by atoms with E-state index in [1.807, 2.05) is 19.1 Å². The molecule has 0 amide bonds. The van der Waals surface area contributed by atoms with Gasteiger partial charge in [0.1, 0.15) is 12.9 Å². The molecule has 2 rings (SSSR count). The number of rotatable bonds is 6. The molecule has 0 saturated heterocycles. The van der Waals surface area contributed by atoms with Crippen LogP contribution in [0.25, 0.3) is 0 Å². The largest absolute Gasteiger partial charge is 0.490 e. The lowest BCUT2D eigenvalue weighted by atomic mass is 10.2. The Labute approximate surface area is 128 Å². The van der Waals surface area contributed by atoms with E-state index >= 15 is 0 Å². The fourth-order valence-electron chi connectivity index (χ4n) is 1.87. The lowest BCUT2D eigenvalue weighted by molar-refractivity contribution is 0.112. The van der Waals surface area contributed by atoms with E-state index in [0.29, 0.717) is 41.0 Å². The summed E-state index contributed by atoms with van der Waals surface area (Å²) in [6, 6.07) is 10.5. The van der Waals surface area contributed by atoms with Crippen LogP contribution in [0.2, 0.25) is 5.02 Å². The molecule has 0 heterocycles. The van der Waals surface area contributed by atoms with Gasteiger partial charge < -0.3 is 15.2 Å². The summed E-state index contributed by atoms with van der Waals surface area (Å²) in [4.78, 5) is 10.9. The number of anilines is 1. The summed E-state index contributed by atoms with van der Waals surface area (Å²) in [5, 5.41) is 0.670. The molecule has 2 aromatic rings. The molecule has 0 aliphatic carbocycles. The van der Waals surface area contributed by atoms with Gasteiger partial charge in [-0.1, -0.05) is 23.7 Å². The van der Waals surface area contributed by atoms with Crippen LogP contribution in [0.1, 0.15) is 22.8 Å². The molecule has 21 heavy (non-hydrogen) atoms. The van der Waals surface area contributed by atoms with Gasteiger partial charge in [-0.25, -0.2) is 0 Å². The number of carbonyl (C=O) groups is 1. The molecule has 0 aliphatic heterocycles. The molecule has 0 fully saturated rings. The van der Waals surface area contributed by atoms with Crippen molar-refractivity contribution < 1.29 is 14.3 Å². The molecular weight excluding hydrogens is 290 g/mol. The van der Waals surface area contributed by atoms with Crippen LogP contribution in [-0.2, 0) is 6.61 Å². The monoisotopic (exact) mass is 305 g/mol. The van der Waals surface area contributed by atoms with Crippen molar-refractivity contribution in [3.8, 4) is 11.5 Å². The maximum Gasteiger partial charge on any atom is 0.184 e. The summed E-state index contributed by atoms with van der Waals surface area (Å²) in [5.41, 5.74) is 7.72. The molecule has 0 radical (unpaired) electrons. The van der Waals surface area contributed by atoms with Gasteiger partial charge in [-0.05, 0) is 36.8 Å². The molecular formula is C16H16ClNO3. The fourth-order valence-corrected chi connectivity index (χ4v) is 1.99. The van der Waals surface area contributed by atoms with E-state index in [2.05, 4.69) is 0 Å². The van der Waals surface area contributed by atoms with Crippen molar-refractivity contribution in [2.24, 2.45) is 0 Å². The molecule has 0 atom stereocenters. The molecule has 2 N–H and O–H groups in total. The predicted molar refractivity (Wildman–Crippen MR) is 83.2 cm³/mol. The van der Waals surface area contributed by atoms with Crippen LogP contribution < -0.4 is 15.2 Å². The third-order valence-electron chi connectivity index (χ3n) is 2.84. The summed E-state index contributed by atoms with van der Waals surface area (Å²) < 4.78 is 11.2. The molecule has 0 bridgehead atoms. The SMILES string of the molecule is CCOc1cc(C=O)cc(N)c1OCc1ccc(Cl)cc1. The van der Waals surface area contributed by atoms with Crippen molar-refractivity contribution in [1.29, 1.82) is 0 Å². The number of carbonyl (C=O) groups excluding carboxylic acids is 1. The number of ether oxygens (including phenoxy) is 2.